The van der Waals surface area contributed by atoms with Gasteiger partial charge in [0.25, 0.3) is 5.91 Å². The van der Waals surface area contributed by atoms with Gasteiger partial charge in [-0.3, -0.25) is 14.5 Å². The molecule has 0 radical (unpaired) electrons. The molecule has 3 aromatic heterocycles. The largest absolute Gasteiger partial charge is 0.383 e. The van der Waals surface area contributed by atoms with Gasteiger partial charge in [0.1, 0.15) is 23.7 Å². The van der Waals surface area contributed by atoms with Crippen molar-refractivity contribution in [2.45, 2.75) is 51.1 Å². The van der Waals surface area contributed by atoms with E-state index in [1.54, 1.807) is 24.4 Å². The minimum absolute atomic E-state index is 0.0116. The van der Waals surface area contributed by atoms with Gasteiger partial charge in [-0.15, -0.1) is 0 Å². The van der Waals surface area contributed by atoms with Crippen LogP contribution >= 0.6 is 0 Å². The molecule has 4 heterocycles. The topological polar surface area (TPSA) is 135 Å². The summed E-state index contributed by atoms with van der Waals surface area (Å²) in [6, 6.07) is 11.7. The molecule has 4 aromatic rings. The Balaban J connectivity index is 1.19. The van der Waals surface area contributed by atoms with Gasteiger partial charge in [0.15, 0.2) is 5.65 Å². The standard InChI is InChI=1S/C32H37N9O2/c1-20(2)23-12-14-34-26(17-23)37-32(43)22-8-6-21(7-9-22)29-28-30(33)35-19-36-31(28)41(38-29)25-13-16-40(18-25)27(42)5-4-15-39(3)24-10-11-24/h4-9,12,14,17,19-20,24-25H,10-11,13,15-16,18H2,1-3H3,(H2,33,35,36)(H,34,37,43)/t25-/m1/s1. The molecule has 3 N–H and O–H groups in total. The Bertz CT molecular complexity index is 1670. The summed E-state index contributed by atoms with van der Waals surface area (Å²) in [4.78, 5) is 43.0. The minimum Gasteiger partial charge on any atom is -0.383 e. The highest BCUT2D eigenvalue weighted by Crippen LogP contribution is 2.34. The van der Waals surface area contributed by atoms with Crippen LogP contribution in [0.5, 0.6) is 0 Å². The number of nitrogen functional groups attached to an aromatic ring is 1. The molecule has 1 aliphatic heterocycles. The van der Waals surface area contributed by atoms with E-state index in [1.165, 1.54) is 19.2 Å². The third-order valence-electron chi connectivity index (χ3n) is 8.28. The van der Waals surface area contributed by atoms with Crippen LogP contribution in [-0.4, -0.2) is 79.1 Å². The van der Waals surface area contributed by atoms with E-state index in [1.807, 2.05) is 39.9 Å². The number of likely N-dealkylation sites (tertiary alicyclic amines) is 1. The second kappa shape index (κ2) is 11.9. The van der Waals surface area contributed by atoms with Crippen LogP contribution in [0.1, 0.15) is 61.0 Å². The van der Waals surface area contributed by atoms with Crippen LogP contribution in [0.4, 0.5) is 11.6 Å². The molecule has 2 amide bonds. The van der Waals surface area contributed by atoms with E-state index in [9.17, 15) is 9.59 Å². The summed E-state index contributed by atoms with van der Waals surface area (Å²) in [5.41, 5.74) is 9.98. The van der Waals surface area contributed by atoms with Crippen molar-refractivity contribution in [1.82, 2.24) is 34.5 Å². The molecule has 2 aliphatic rings. The fourth-order valence-corrected chi connectivity index (χ4v) is 5.53. The number of pyridine rings is 1. The second-order valence-corrected chi connectivity index (χ2v) is 11.7. The summed E-state index contributed by atoms with van der Waals surface area (Å²) in [7, 11) is 2.10. The van der Waals surface area contributed by atoms with Gasteiger partial charge in [-0.05, 0) is 62.1 Å². The molecule has 43 heavy (non-hydrogen) atoms. The zero-order valence-electron chi connectivity index (χ0n) is 24.8. The summed E-state index contributed by atoms with van der Waals surface area (Å²) < 4.78 is 1.87. The highest BCUT2D eigenvalue weighted by molar-refractivity contribution is 6.04. The van der Waals surface area contributed by atoms with Gasteiger partial charge in [-0.25, -0.2) is 19.6 Å². The lowest BCUT2D eigenvalue weighted by Crippen LogP contribution is -2.28. The van der Waals surface area contributed by atoms with Crippen molar-refractivity contribution in [2.75, 3.05) is 37.7 Å². The molecule has 1 aromatic carbocycles. The van der Waals surface area contributed by atoms with Crippen LogP contribution in [-0.2, 0) is 4.79 Å². The first-order valence-corrected chi connectivity index (χ1v) is 14.8. The number of aromatic nitrogens is 5. The van der Waals surface area contributed by atoms with Gasteiger partial charge in [0, 0.05) is 49.1 Å². The molecule has 0 unspecified atom stereocenters. The number of nitrogens with one attached hydrogen (secondary N) is 1. The van der Waals surface area contributed by atoms with Crippen molar-refractivity contribution < 1.29 is 9.59 Å². The van der Waals surface area contributed by atoms with Crippen molar-refractivity contribution in [3.63, 3.8) is 0 Å². The van der Waals surface area contributed by atoms with Crippen LogP contribution in [0.25, 0.3) is 22.3 Å². The van der Waals surface area contributed by atoms with E-state index in [0.29, 0.717) is 59.0 Å². The quantitative estimate of drug-likeness (QED) is 0.281. The Kier molecular flexibility index (Phi) is 7.90. The summed E-state index contributed by atoms with van der Waals surface area (Å²) in [5, 5.41) is 8.47. The second-order valence-electron chi connectivity index (χ2n) is 11.7. The van der Waals surface area contributed by atoms with Crippen LogP contribution < -0.4 is 11.1 Å². The lowest BCUT2D eigenvalue weighted by Gasteiger charge is -2.16. The third kappa shape index (κ3) is 6.12. The lowest BCUT2D eigenvalue weighted by atomic mass is 10.0. The predicted octanol–water partition coefficient (Wildman–Crippen LogP) is 4.27. The van der Waals surface area contributed by atoms with Crippen molar-refractivity contribution in [1.29, 1.82) is 0 Å². The number of nitrogens with two attached hydrogens (primary N) is 1. The van der Waals surface area contributed by atoms with Gasteiger partial charge in [-0.2, -0.15) is 5.10 Å². The van der Waals surface area contributed by atoms with Crippen LogP contribution in [0.2, 0.25) is 0 Å². The van der Waals surface area contributed by atoms with Crippen molar-refractivity contribution in [3.8, 4) is 11.3 Å². The number of anilines is 2. The van der Waals surface area contributed by atoms with E-state index in [0.717, 1.165) is 24.1 Å². The normalized spacial score (nSPS) is 17.0. The lowest BCUT2D eigenvalue weighted by molar-refractivity contribution is -0.125. The first-order valence-electron chi connectivity index (χ1n) is 14.8. The number of likely N-dealkylation sites (N-methyl/N-ethyl adjacent to an activating group) is 1. The van der Waals surface area contributed by atoms with Gasteiger partial charge in [0.05, 0.1) is 11.4 Å². The number of hydrogen-bond acceptors (Lipinski definition) is 8. The van der Waals surface area contributed by atoms with Crippen molar-refractivity contribution in [2.24, 2.45) is 0 Å². The summed E-state index contributed by atoms with van der Waals surface area (Å²) >= 11 is 0. The molecule has 6 rings (SSSR count). The smallest absolute Gasteiger partial charge is 0.256 e. The molecule has 2 fully saturated rings. The molecule has 1 aliphatic carbocycles. The molecule has 0 bridgehead atoms. The Labute approximate surface area is 250 Å². The monoisotopic (exact) mass is 579 g/mol. The molecule has 11 heteroatoms. The average molecular weight is 580 g/mol. The zero-order valence-corrected chi connectivity index (χ0v) is 24.8. The maximum absolute atomic E-state index is 13.0. The van der Waals surface area contributed by atoms with Gasteiger partial charge in [-0.1, -0.05) is 32.1 Å². The van der Waals surface area contributed by atoms with Gasteiger partial charge >= 0.3 is 0 Å². The Morgan fingerprint density at radius 2 is 1.91 bits per heavy atom. The van der Waals surface area contributed by atoms with Crippen molar-refractivity contribution in [3.05, 3.63) is 72.2 Å². The van der Waals surface area contributed by atoms with E-state index < -0.39 is 0 Å². The SMILES string of the molecule is CC(C)c1ccnc(NC(=O)c2ccc(-c3nn([C@@H]4CCN(C(=O)C=CCN(C)C5CC5)C4)c4ncnc(N)c34)cc2)c1. The van der Waals surface area contributed by atoms with Crippen LogP contribution in [0.3, 0.4) is 0 Å². The summed E-state index contributed by atoms with van der Waals surface area (Å²) in [6.45, 7) is 6.15. The zero-order chi connectivity index (χ0) is 30.1. The number of benzene rings is 1. The summed E-state index contributed by atoms with van der Waals surface area (Å²) in [6.07, 6.45) is 10.0. The fourth-order valence-electron chi connectivity index (χ4n) is 5.53. The number of fused-ring (bicyclic) bond motifs is 1. The Hall–Kier alpha value is -4.64. The average Bonchev–Trinajstić information content (AvgIpc) is 3.61. The number of amides is 2. The number of carbonyl (C=O) groups excluding carboxylic acids is 2. The maximum atomic E-state index is 13.0. The maximum Gasteiger partial charge on any atom is 0.256 e. The third-order valence-corrected chi connectivity index (χ3v) is 8.28. The van der Waals surface area contributed by atoms with E-state index >= 15 is 0 Å². The van der Waals surface area contributed by atoms with E-state index in [-0.39, 0.29) is 17.9 Å². The Morgan fingerprint density at radius 1 is 1.12 bits per heavy atom. The molecule has 0 spiro atoms. The predicted molar refractivity (Wildman–Crippen MR) is 166 cm³/mol. The Morgan fingerprint density at radius 3 is 2.65 bits per heavy atom. The molecule has 1 saturated heterocycles. The fraction of sp³-hybridized carbons (Fsp3) is 0.375. The first kappa shape index (κ1) is 28.5. The van der Waals surface area contributed by atoms with E-state index in [2.05, 4.69) is 46.1 Å². The minimum atomic E-state index is -0.248. The van der Waals surface area contributed by atoms with Gasteiger partial charge in [0.2, 0.25) is 5.91 Å². The number of hydrogen-bond donors (Lipinski definition) is 2. The number of nitrogens with zero attached hydrogens (tertiary/aromatic N) is 7. The summed E-state index contributed by atoms with van der Waals surface area (Å²) in [5.74, 6) is 0.940. The molecule has 222 valence electrons. The van der Waals surface area contributed by atoms with Gasteiger partial charge < -0.3 is 16.0 Å². The molecule has 1 saturated carbocycles. The van der Waals surface area contributed by atoms with E-state index in [4.69, 9.17) is 10.8 Å². The van der Waals surface area contributed by atoms with Crippen LogP contribution in [0, 0.1) is 0 Å². The molecule has 1 atom stereocenters. The van der Waals surface area contributed by atoms with Crippen LogP contribution in [0.15, 0.2) is 61.1 Å². The highest BCUT2D eigenvalue weighted by Gasteiger charge is 2.30. The van der Waals surface area contributed by atoms with Crippen molar-refractivity contribution >= 4 is 34.5 Å². The molecular formula is C32H37N9O2. The number of rotatable bonds is 9. The number of carbonyl (C=O) groups is 2. The highest BCUT2D eigenvalue weighted by atomic mass is 16.2. The molecule has 11 nitrogen and oxygen atoms in total. The molecular weight excluding hydrogens is 542 g/mol. The first-order chi connectivity index (χ1) is 20.8.